The Hall–Kier alpha value is -2.33. The Kier molecular flexibility index (Phi) is 4.22. The maximum atomic E-state index is 12.8. The van der Waals surface area contributed by atoms with Crippen LogP contribution in [-0.2, 0) is 11.3 Å². The van der Waals surface area contributed by atoms with Crippen LogP contribution in [0, 0.1) is 0 Å². The van der Waals surface area contributed by atoms with E-state index in [2.05, 4.69) is 22.3 Å². The molecule has 24 heavy (non-hydrogen) atoms. The molecule has 1 saturated heterocycles. The van der Waals surface area contributed by atoms with Gasteiger partial charge >= 0.3 is 0 Å². The fraction of sp³-hybridized carbons (Fsp3) is 0.350. The first-order valence-electron chi connectivity index (χ1n) is 8.61. The largest absolute Gasteiger partial charge is 0.491 e. The van der Waals surface area contributed by atoms with Crippen molar-refractivity contribution in [3.05, 3.63) is 65.7 Å². The molecule has 0 bridgehead atoms. The summed E-state index contributed by atoms with van der Waals surface area (Å²) in [6, 6.07) is 18.2. The highest BCUT2D eigenvalue weighted by Crippen LogP contribution is 2.32. The smallest absolute Gasteiger partial charge is 0.237 e. The third-order valence-corrected chi connectivity index (χ3v) is 4.91. The molecule has 4 rings (SSSR count). The normalized spacial score (nSPS) is 22.8. The topological polar surface area (TPSA) is 41.6 Å². The van der Waals surface area contributed by atoms with Gasteiger partial charge in [0.2, 0.25) is 5.91 Å². The number of likely N-dealkylation sites (tertiary alicyclic amines) is 1. The van der Waals surface area contributed by atoms with Gasteiger partial charge in [-0.2, -0.15) is 0 Å². The number of fused-ring (bicyclic) bond motifs is 1. The zero-order chi connectivity index (χ0) is 16.4. The summed E-state index contributed by atoms with van der Waals surface area (Å²) < 4.78 is 5.67. The lowest BCUT2D eigenvalue weighted by molar-refractivity contribution is -0.126. The Bertz CT molecular complexity index is 717. The lowest BCUT2D eigenvalue weighted by atomic mass is 10.1. The number of rotatable bonds is 4. The van der Waals surface area contributed by atoms with Gasteiger partial charge in [0, 0.05) is 12.1 Å². The van der Waals surface area contributed by atoms with Crippen LogP contribution in [0.25, 0.3) is 0 Å². The fourth-order valence-electron chi connectivity index (χ4n) is 3.68. The molecule has 0 spiro atoms. The van der Waals surface area contributed by atoms with Crippen LogP contribution in [0.5, 0.6) is 5.75 Å². The average molecular weight is 322 g/mol. The van der Waals surface area contributed by atoms with E-state index in [1.165, 1.54) is 5.56 Å². The second-order valence-electron chi connectivity index (χ2n) is 6.52. The van der Waals surface area contributed by atoms with Crippen LogP contribution >= 0.6 is 0 Å². The predicted molar refractivity (Wildman–Crippen MR) is 92.7 cm³/mol. The maximum absolute atomic E-state index is 12.8. The average Bonchev–Trinajstić information content (AvgIpc) is 3.23. The number of benzene rings is 2. The van der Waals surface area contributed by atoms with E-state index in [0.717, 1.165) is 37.2 Å². The Morgan fingerprint density at radius 2 is 1.92 bits per heavy atom. The Morgan fingerprint density at radius 1 is 1.12 bits per heavy atom. The number of nitrogens with zero attached hydrogens (tertiary/aromatic N) is 1. The summed E-state index contributed by atoms with van der Waals surface area (Å²) in [4.78, 5) is 15.1. The standard InChI is InChI=1S/C20H22N2O2/c23-20(21-17-14-24-19-11-5-4-9-16(17)19)18-10-6-12-22(18)13-15-7-2-1-3-8-15/h1-5,7-9,11,17-18H,6,10,12-14H2,(H,21,23)/t17-,18+/m1/s1. The van der Waals surface area contributed by atoms with E-state index in [0.29, 0.717) is 6.61 Å². The van der Waals surface area contributed by atoms with Gasteiger partial charge < -0.3 is 10.1 Å². The number of hydrogen-bond donors (Lipinski definition) is 1. The summed E-state index contributed by atoms with van der Waals surface area (Å²) in [5.41, 5.74) is 2.34. The Balaban J connectivity index is 1.42. The van der Waals surface area contributed by atoms with Gasteiger partial charge in [0.1, 0.15) is 12.4 Å². The SMILES string of the molecule is O=C(N[C@@H]1COc2ccccc21)[C@@H]1CCCN1Cc1ccccc1. The molecule has 2 aliphatic rings. The molecule has 1 fully saturated rings. The first kappa shape index (κ1) is 15.2. The van der Waals surface area contributed by atoms with Crippen molar-refractivity contribution in [2.45, 2.75) is 31.5 Å². The van der Waals surface area contributed by atoms with Crippen molar-refractivity contribution in [3.8, 4) is 5.75 Å². The minimum Gasteiger partial charge on any atom is -0.491 e. The molecular weight excluding hydrogens is 300 g/mol. The van der Waals surface area contributed by atoms with E-state index in [1.807, 2.05) is 42.5 Å². The zero-order valence-electron chi connectivity index (χ0n) is 13.7. The molecule has 4 nitrogen and oxygen atoms in total. The van der Waals surface area contributed by atoms with E-state index in [-0.39, 0.29) is 18.0 Å². The van der Waals surface area contributed by atoms with Crippen molar-refractivity contribution >= 4 is 5.91 Å². The molecular formula is C20H22N2O2. The van der Waals surface area contributed by atoms with Crippen molar-refractivity contribution in [1.82, 2.24) is 10.2 Å². The number of carbonyl (C=O) groups excluding carboxylic acids is 1. The highest BCUT2D eigenvalue weighted by Gasteiger charge is 2.33. The van der Waals surface area contributed by atoms with Crippen molar-refractivity contribution in [2.75, 3.05) is 13.2 Å². The molecule has 0 saturated carbocycles. The van der Waals surface area contributed by atoms with Crippen LogP contribution < -0.4 is 10.1 Å². The van der Waals surface area contributed by atoms with Crippen molar-refractivity contribution in [1.29, 1.82) is 0 Å². The highest BCUT2D eigenvalue weighted by molar-refractivity contribution is 5.82. The van der Waals surface area contributed by atoms with Crippen LogP contribution in [0.3, 0.4) is 0 Å². The number of nitrogens with one attached hydrogen (secondary N) is 1. The van der Waals surface area contributed by atoms with E-state index in [1.54, 1.807) is 0 Å². The molecule has 2 aromatic carbocycles. The van der Waals surface area contributed by atoms with Gasteiger partial charge in [-0.3, -0.25) is 9.69 Å². The minimum absolute atomic E-state index is 0.0344. The number of amides is 1. The van der Waals surface area contributed by atoms with E-state index >= 15 is 0 Å². The lowest BCUT2D eigenvalue weighted by Gasteiger charge is -2.25. The molecule has 2 heterocycles. The molecule has 4 heteroatoms. The summed E-state index contributed by atoms with van der Waals surface area (Å²) in [6.45, 7) is 2.33. The van der Waals surface area contributed by atoms with Gasteiger partial charge in [-0.05, 0) is 31.0 Å². The molecule has 2 aliphatic heterocycles. The number of ether oxygens (including phenoxy) is 1. The summed E-state index contributed by atoms with van der Waals surface area (Å²) in [6.07, 6.45) is 2.00. The molecule has 2 aromatic rings. The van der Waals surface area contributed by atoms with Gasteiger partial charge in [-0.1, -0.05) is 48.5 Å². The highest BCUT2D eigenvalue weighted by atomic mass is 16.5. The van der Waals surface area contributed by atoms with Gasteiger partial charge in [0.05, 0.1) is 12.1 Å². The minimum atomic E-state index is -0.0435. The quantitative estimate of drug-likeness (QED) is 0.941. The number of hydrogen-bond acceptors (Lipinski definition) is 3. The molecule has 2 atom stereocenters. The Labute approximate surface area is 142 Å². The Morgan fingerprint density at radius 3 is 2.79 bits per heavy atom. The number of para-hydroxylation sites is 1. The third kappa shape index (κ3) is 3.02. The molecule has 0 unspecified atom stereocenters. The van der Waals surface area contributed by atoms with E-state index in [4.69, 9.17) is 4.74 Å². The van der Waals surface area contributed by atoms with Gasteiger partial charge in [-0.15, -0.1) is 0 Å². The first-order valence-corrected chi connectivity index (χ1v) is 8.61. The molecule has 1 N–H and O–H groups in total. The van der Waals surface area contributed by atoms with Gasteiger partial charge in [0.25, 0.3) is 0 Å². The first-order chi connectivity index (χ1) is 11.8. The van der Waals surface area contributed by atoms with Crippen LogP contribution in [0.4, 0.5) is 0 Å². The molecule has 0 radical (unpaired) electrons. The van der Waals surface area contributed by atoms with Crippen molar-refractivity contribution in [2.24, 2.45) is 0 Å². The van der Waals surface area contributed by atoms with Crippen LogP contribution in [0.15, 0.2) is 54.6 Å². The van der Waals surface area contributed by atoms with Crippen LogP contribution in [-0.4, -0.2) is 30.0 Å². The lowest BCUT2D eigenvalue weighted by Crippen LogP contribution is -2.44. The van der Waals surface area contributed by atoms with Gasteiger partial charge in [-0.25, -0.2) is 0 Å². The van der Waals surface area contributed by atoms with Crippen molar-refractivity contribution in [3.63, 3.8) is 0 Å². The second-order valence-corrected chi connectivity index (χ2v) is 6.52. The van der Waals surface area contributed by atoms with Crippen molar-refractivity contribution < 1.29 is 9.53 Å². The summed E-state index contributed by atoms with van der Waals surface area (Å²) in [7, 11) is 0. The fourth-order valence-corrected chi connectivity index (χ4v) is 3.68. The third-order valence-electron chi connectivity index (χ3n) is 4.91. The maximum Gasteiger partial charge on any atom is 0.237 e. The van der Waals surface area contributed by atoms with Gasteiger partial charge in [0.15, 0.2) is 0 Å². The predicted octanol–water partition coefficient (Wildman–Crippen LogP) is 2.90. The number of carbonyl (C=O) groups is 1. The molecule has 0 aliphatic carbocycles. The summed E-state index contributed by atoms with van der Waals surface area (Å²) in [5, 5.41) is 3.19. The van der Waals surface area contributed by atoms with E-state index in [9.17, 15) is 4.79 Å². The second kappa shape index (κ2) is 6.65. The zero-order valence-corrected chi connectivity index (χ0v) is 13.7. The molecule has 1 amide bonds. The van der Waals surface area contributed by atoms with E-state index < -0.39 is 0 Å². The molecule has 0 aromatic heterocycles. The van der Waals surface area contributed by atoms with Crippen LogP contribution in [0.2, 0.25) is 0 Å². The monoisotopic (exact) mass is 322 g/mol. The van der Waals surface area contributed by atoms with Crippen LogP contribution in [0.1, 0.15) is 30.0 Å². The summed E-state index contributed by atoms with van der Waals surface area (Å²) in [5.74, 6) is 1.00. The summed E-state index contributed by atoms with van der Waals surface area (Å²) >= 11 is 0. The molecule has 124 valence electrons.